The van der Waals surface area contributed by atoms with Crippen molar-refractivity contribution >= 4 is 11.7 Å². The lowest BCUT2D eigenvalue weighted by atomic mass is 9.91. The minimum absolute atomic E-state index is 0.107. The first-order valence-electron chi connectivity index (χ1n) is 11.4. The second-order valence-corrected chi connectivity index (χ2v) is 9.01. The highest BCUT2D eigenvalue weighted by atomic mass is 16.5. The van der Waals surface area contributed by atoms with Crippen molar-refractivity contribution < 1.29 is 19.4 Å². The summed E-state index contributed by atoms with van der Waals surface area (Å²) in [4.78, 5) is 13.7. The van der Waals surface area contributed by atoms with Crippen LogP contribution in [0.4, 0.5) is 5.69 Å². The van der Waals surface area contributed by atoms with Crippen molar-refractivity contribution in [1.29, 1.82) is 0 Å². The highest BCUT2D eigenvalue weighted by Gasteiger charge is 2.34. The van der Waals surface area contributed by atoms with E-state index in [2.05, 4.69) is 30.0 Å². The van der Waals surface area contributed by atoms with Crippen molar-refractivity contribution in [3.8, 4) is 11.5 Å². The van der Waals surface area contributed by atoms with Gasteiger partial charge in [0.05, 0.1) is 20.1 Å². The van der Waals surface area contributed by atoms with Crippen molar-refractivity contribution in [3.05, 3.63) is 53.6 Å². The molecule has 166 valence electrons. The van der Waals surface area contributed by atoms with Crippen LogP contribution in [0, 0.1) is 18.8 Å². The molecule has 31 heavy (non-hydrogen) atoms. The molecule has 2 fully saturated rings. The number of carbonyl (C=O) groups is 1. The number of benzene rings is 2. The number of piperidine rings is 1. The number of aliphatic carboxylic acids is 1. The number of hydrogen-bond acceptors (Lipinski definition) is 4. The normalized spacial score (nSPS) is 17.9. The molecule has 4 rings (SSSR count). The molecule has 1 unspecified atom stereocenters. The fourth-order valence-corrected chi connectivity index (χ4v) is 4.69. The van der Waals surface area contributed by atoms with Crippen LogP contribution < -0.4 is 14.4 Å². The molecule has 1 saturated heterocycles. The molecule has 1 aliphatic heterocycles. The van der Waals surface area contributed by atoms with Gasteiger partial charge in [-0.2, -0.15) is 0 Å². The van der Waals surface area contributed by atoms with Crippen LogP contribution >= 0.6 is 0 Å². The first kappa shape index (κ1) is 21.5. The Morgan fingerprint density at radius 1 is 1.10 bits per heavy atom. The fraction of sp³-hybridized carbons (Fsp3) is 0.500. The van der Waals surface area contributed by atoms with E-state index >= 15 is 0 Å². The summed E-state index contributed by atoms with van der Waals surface area (Å²) in [5.41, 5.74) is 3.64. The van der Waals surface area contributed by atoms with Crippen LogP contribution in [0.3, 0.4) is 0 Å². The van der Waals surface area contributed by atoms with Gasteiger partial charge < -0.3 is 19.5 Å². The van der Waals surface area contributed by atoms with Gasteiger partial charge in [-0.05, 0) is 79.7 Å². The lowest BCUT2D eigenvalue weighted by Gasteiger charge is -2.34. The van der Waals surface area contributed by atoms with Gasteiger partial charge in [0.15, 0.2) is 0 Å². The van der Waals surface area contributed by atoms with Crippen molar-refractivity contribution in [3.63, 3.8) is 0 Å². The topological polar surface area (TPSA) is 59.0 Å². The number of hydrogen-bond donors (Lipinski definition) is 1. The number of aryl methyl sites for hydroxylation is 1. The first-order chi connectivity index (χ1) is 15.0. The van der Waals surface area contributed by atoms with E-state index in [0.29, 0.717) is 18.4 Å². The Hall–Kier alpha value is -2.69. The van der Waals surface area contributed by atoms with E-state index in [-0.39, 0.29) is 12.3 Å². The number of methoxy groups -OCH3 is 1. The summed E-state index contributed by atoms with van der Waals surface area (Å²) in [6.45, 7) is 4.90. The summed E-state index contributed by atoms with van der Waals surface area (Å²) < 4.78 is 11.6. The van der Waals surface area contributed by atoms with Crippen LogP contribution in [-0.2, 0) is 4.79 Å². The quantitative estimate of drug-likeness (QED) is 0.596. The number of rotatable bonds is 9. The Labute approximate surface area is 185 Å². The molecular weight excluding hydrogens is 390 g/mol. The van der Waals surface area contributed by atoms with Crippen LogP contribution in [0.5, 0.6) is 11.5 Å². The monoisotopic (exact) mass is 423 g/mol. The zero-order valence-electron chi connectivity index (χ0n) is 18.5. The van der Waals surface area contributed by atoms with Crippen molar-refractivity contribution in [2.24, 2.45) is 11.8 Å². The predicted octanol–water partition coefficient (Wildman–Crippen LogP) is 5.27. The number of carboxylic acid groups (broad SMARTS) is 1. The van der Waals surface area contributed by atoms with Gasteiger partial charge in [0.1, 0.15) is 11.5 Å². The van der Waals surface area contributed by atoms with Gasteiger partial charge in [0, 0.05) is 24.8 Å². The third-order valence-electron chi connectivity index (χ3n) is 6.73. The van der Waals surface area contributed by atoms with E-state index in [9.17, 15) is 9.90 Å². The van der Waals surface area contributed by atoms with E-state index in [1.54, 1.807) is 7.11 Å². The minimum atomic E-state index is -0.721. The average Bonchev–Trinajstić information content (AvgIpc) is 3.62. The van der Waals surface area contributed by atoms with E-state index in [1.807, 2.05) is 24.3 Å². The van der Waals surface area contributed by atoms with Gasteiger partial charge in [0.25, 0.3) is 0 Å². The second-order valence-electron chi connectivity index (χ2n) is 9.01. The lowest BCUT2D eigenvalue weighted by molar-refractivity contribution is -0.137. The molecule has 2 aromatic carbocycles. The van der Waals surface area contributed by atoms with Crippen molar-refractivity contribution in [2.45, 2.75) is 44.9 Å². The Morgan fingerprint density at radius 2 is 1.87 bits per heavy atom. The van der Waals surface area contributed by atoms with Gasteiger partial charge in [-0.15, -0.1) is 0 Å². The molecule has 1 saturated carbocycles. The Kier molecular flexibility index (Phi) is 6.69. The molecule has 1 N–H and O–H groups in total. The third-order valence-corrected chi connectivity index (χ3v) is 6.73. The smallest absolute Gasteiger partial charge is 0.303 e. The standard InChI is InChI=1S/C26H33NO4/c1-18-6-9-22(30-2)15-25(18)27-12-10-19(11-13-27)17-31-23-5-3-4-21(14-23)24(16-26(28)29)20-7-8-20/h3-6,9,14-15,19-20,24H,7-8,10-13,16-17H2,1-2H3,(H,28,29). The van der Waals surface area contributed by atoms with Gasteiger partial charge in [0.2, 0.25) is 0 Å². The molecule has 0 radical (unpaired) electrons. The van der Waals surface area contributed by atoms with E-state index in [1.165, 1.54) is 11.3 Å². The minimum Gasteiger partial charge on any atom is -0.497 e. The van der Waals surface area contributed by atoms with Crippen LogP contribution in [0.1, 0.15) is 49.1 Å². The van der Waals surface area contributed by atoms with Gasteiger partial charge in [-0.1, -0.05) is 18.2 Å². The maximum absolute atomic E-state index is 11.3. The molecule has 5 heteroatoms. The molecule has 0 bridgehead atoms. The molecule has 0 aromatic heterocycles. The number of nitrogens with zero attached hydrogens (tertiary/aromatic N) is 1. The van der Waals surface area contributed by atoms with Gasteiger partial charge in [-0.25, -0.2) is 0 Å². The molecule has 5 nitrogen and oxygen atoms in total. The third kappa shape index (κ3) is 5.52. The highest BCUT2D eigenvalue weighted by Crippen LogP contribution is 2.45. The zero-order valence-corrected chi connectivity index (χ0v) is 18.5. The molecule has 2 aromatic rings. The maximum Gasteiger partial charge on any atom is 0.303 e. The molecular formula is C26H33NO4. The van der Waals surface area contributed by atoms with E-state index < -0.39 is 5.97 Å². The highest BCUT2D eigenvalue weighted by molar-refractivity contribution is 5.68. The summed E-state index contributed by atoms with van der Waals surface area (Å²) in [7, 11) is 1.71. The lowest BCUT2D eigenvalue weighted by Crippen LogP contribution is -2.35. The van der Waals surface area contributed by atoms with Crippen molar-refractivity contribution in [1.82, 2.24) is 0 Å². The summed E-state index contributed by atoms with van der Waals surface area (Å²) in [6, 6.07) is 14.4. The average molecular weight is 424 g/mol. The largest absolute Gasteiger partial charge is 0.497 e. The van der Waals surface area contributed by atoms with Crippen LogP contribution in [-0.4, -0.2) is 37.9 Å². The number of carboxylic acids is 1. The molecule has 0 amide bonds. The van der Waals surface area contributed by atoms with E-state index in [0.717, 1.165) is 55.8 Å². The number of anilines is 1. The summed E-state index contributed by atoms with van der Waals surface area (Å²) in [5, 5.41) is 9.27. The van der Waals surface area contributed by atoms with Crippen molar-refractivity contribution in [2.75, 3.05) is 31.7 Å². The number of ether oxygens (including phenoxy) is 2. The summed E-state index contributed by atoms with van der Waals surface area (Å²) >= 11 is 0. The molecule has 2 aliphatic rings. The van der Waals surface area contributed by atoms with Crippen LogP contribution in [0.15, 0.2) is 42.5 Å². The second kappa shape index (κ2) is 9.63. The summed E-state index contributed by atoms with van der Waals surface area (Å²) in [5.74, 6) is 2.19. The fourth-order valence-electron chi connectivity index (χ4n) is 4.69. The van der Waals surface area contributed by atoms with Gasteiger partial charge >= 0.3 is 5.97 Å². The SMILES string of the molecule is COc1ccc(C)c(N2CCC(COc3cccc(C(CC(=O)O)C4CC4)c3)CC2)c1. The Balaban J connectivity index is 1.31. The molecule has 1 atom stereocenters. The van der Waals surface area contributed by atoms with E-state index in [4.69, 9.17) is 9.47 Å². The molecule has 0 spiro atoms. The Morgan fingerprint density at radius 3 is 2.55 bits per heavy atom. The Bertz CT molecular complexity index is 900. The summed E-state index contributed by atoms with van der Waals surface area (Å²) in [6.07, 6.45) is 4.67. The predicted molar refractivity (Wildman–Crippen MR) is 122 cm³/mol. The molecule has 1 heterocycles. The van der Waals surface area contributed by atoms with Crippen LogP contribution in [0.25, 0.3) is 0 Å². The van der Waals surface area contributed by atoms with Gasteiger partial charge in [-0.3, -0.25) is 4.79 Å². The maximum atomic E-state index is 11.3. The first-order valence-corrected chi connectivity index (χ1v) is 11.4. The zero-order chi connectivity index (χ0) is 21.8. The molecule has 1 aliphatic carbocycles. The van der Waals surface area contributed by atoms with Crippen LogP contribution in [0.2, 0.25) is 0 Å².